The number of nitrogens with zero attached hydrogens (tertiary/aromatic N) is 2. The third kappa shape index (κ3) is 6.88. The molecule has 9 heteroatoms. The van der Waals surface area contributed by atoms with E-state index in [4.69, 9.17) is 9.47 Å². The molecule has 2 N–H and O–H groups in total. The lowest BCUT2D eigenvalue weighted by Crippen LogP contribution is -2.38. The Hall–Kier alpha value is -4.66. The molecule has 2 aliphatic rings. The number of carbonyl (C=O) groups excluding carboxylic acids is 2. The molecule has 1 heterocycles. The largest absolute Gasteiger partial charge is 0.478 e. The van der Waals surface area contributed by atoms with Gasteiger partial charge in [0.15, 0.2) is 12.2 Å². The topological polar surface area (TPSA) is 118 Å². The molecule has 43 heavy (non-hydrogen) atoms. The number of ether oxygens (including phenoxy) is 2. The van der Waals surface area contributed by atoms with Crippen LogP contribution in [0.15, 0.2) is 77.9 Å². The second-order valence-corrected chi connectivity index (χ2v) is 11.6. The molecule has 3 aromatic rings. The normalized spacial score (nSPS) is 16.3. The number of hydrogen-bond acceptors (Lipinski definition) is 6. The zero-order valence-corrected chi connectivity index (χ0v) is 24.7. The van der Waals surface area contributed by atoms with Crippen molar-refractivity contribution in [3.63, 3.8) is 0 Å². The Labute approximate surface area is 251 Å². The minimum Gasteiger partial charge on any atom is -0.478 e. The fraction of sp³-hybridized carbons (Fsp3) is 0.353. The predicted molar refractivity (Wildman–Crippen MR) is 163 cm³/mol. The lowest BCUT2D eigenvalue weighted by Gasteiger charge is -2.26. The molecule has 5 rings (SSSR count). The Morgan fingerprint density at radius 2 is 1.74 bits per heavy atom. The molecule has 1 unspecified atom stereocenters. The Kier molecular flexibility index (Phi) is 8.80. The van der Waals surface area contributed by atoms with Crippen molar-refractivity contribution >= 4 is 29.4 Å². The first-order valence-corrected chi connectivity index (χ1v) is 14.6. The van der Waals surface area contributed by atoms with E-state index in [1.54, 1.807) is 25.1 Å². The molecule has 0 bridgehead atoms. The fourth-order valence-electron chi connectivity index (χ4n) is 5.57. The molecule has 224 valence electrons. The number of amides is 2. The van der Waals surface area contributed by atoms with Gasteiger partial charge >= 0.3 is 5.97 Å². The number of hydrazone groups is 1. The summed E-state index contributed by atoms with van der Waals surface area (Å²) in [6.07, 6.45) is 4.10. The molecular weight excluding hydrogens is 546 g/mol. The highest BCUT2D eigenvalue weighted by molar-refractivity contribution is 5.98. The predicted octanol–water partition coefficient (Wildman–Crippen LogP) is 5.87. The second-order valence-electron chi connectivity index (χ2n) is 11.6. The van der Waals surface area contributed by atoms with Crippen molar-refractivity contribution < 1.29 is 29.0 Å². The number of aliphatic carboxylic acids is 1. The smallest absolute Gasteiger partial charge is 0.347 e. The van der Waals surface area contributed by atoms with E-state index in [9.17, 15) is 19.5 Å². The SMILES string of the molecule is Cc1c(NC(=O)C(c2ccc(CN3N=C(c4ccccc4)OCC3=O)cc2)C2CCCC2)cccc1OC(C)(C)C(=O)O. The highest BCUT2D eigenvalue weighted by Gasteiger charge is 2.33. The molecule has 2 amide bonds. The van der Waals surface area contributed by atoms with Crippen LogP contribution in [0.5, 0.6) is 5.75 Å². The summed E-state index contributed by atoms with van der Waals surface area (Å²) in [6, 6.07) is 22.5. The van der Waals surface area contributed by atoms with Crippen LogP contribution in [0.2, 0.25) is 0 Å². The highest BCUT2D eigenvalue weighted by atomic mass is 16.5. The molecule has 0 spiro atoms. The van der Waals surface area contributed by atoms with Crippen LogP contribution in [0.4, 0.5) is 5.69 Å². The maximum absolute atomic E-state index is 13.8. The molecule has 1 aliphatic carbocycles. The molecule has 0 saturated heterocycles. The van der Waals surface area contributed by atoms with E-state index in [1.165, 1.54) is 18.9 Å². The summed E-state index contributed by atoms with van der Waals surface area (Å²) in [4.78, 5) is 38.0. The fourth-order valence-corrected chi connectivity index (χ4v) is 5.57. The molecular formula is C34H37N3O6. The molecule has 0 radical (unpaired) electrons. The first kappa shape index (κ1) is 29.8. The van der Waals surface area contributed by atoms with Crippen LogP contribution in [0.25, 0.3) is 0 Å². The van der Waals surface area contributed by atoms with E-state index in [-0.39, 0.29) is 36.8 Å². The van der Waals surface area contributed by atoms with Crippen molar-refractivity contribution in [3.05, 3.63) is 95.1 Å². The third-order valence-electron chi connectivity index (χ3n) is 8.10. The minimum absolute atomic E-state index is 0.0742. The number of benzene rings is 3. The van der Waals surface area contributed by atoms with E-state index in [2.05, 4.69) is 10.4 Å². The van der Waals surface area contributed by atoms with Crippen molar-refractivity contribution in [2.75, 3.05) is 11.9 Å². The van der Waals surface area contributed by atoms with Crippen LogP contribution in [0.3, 0.4) is 0 Å². The van der Waals surface area contributed by atoms with E-state index in [0.29, 0.717) is 22.9 Å². The van der Waals surface area contributed by atoms with E-state index < -0.39 is 11.6 Å². The summed E-state index contributed by atoms with van der Waals surface area (Å²) in [7, 11) is 0. The monoisotopic (exact) mass is 583 g/mol. The van der Waals surface area contributed by atoms with Crippen molar-refractivity contribution in [3.8, 4) is 5.75 Å². The third-order valence-corrected chi connectivity index (χ3v) is 8.10. The van der Waals surface area contributed by atoms with Gasteiger partial charge in [-0.2, -0.15) is 0 Å². The van der Waals surface area contributed by atoms with Gasteiger partial charge in [-0.25, -0.2) is 9.80 Å². The molecule has 1 saturated carbocycles. The zero-order chi connectivity index (χ0) is 30.6. The maximum Gasteiger partial charge on any atom is 0.347 e. The van der Waals surface area contributed by atoms with E-state index in [1.807, 2.05) is 54.6 Å². The second kappa shape index (κ2) is 12.7. The van der Waals surface area contributed by atoms with Crippen LogP contribution in [-0.2, 0) is 25.7 Å². The lowest BCUT2D eigenvalue weighted by molar-refractivity contribution is -0.152. The van der Waals surface area contributed by atoms with Crippen molar-refractivity contribution in [2.45, 2.75) is 64.5 Å². The molecule has 1 aliphatic heterocycles. The van der Waals surface area contributed by atoms with Crippen molar-refractivity contribution in [2.24, 2.45) is 11.0 Å². The summed E-state index contributed by atoms with van der Waals surface area (Å²) in [6.45, 7) is 5.00. The highest BCUT2D eigenvalue weighted by Crippen LogP contribution is 2.39. The van der Waals surface area contributed by atoms with Gasteiger partial charge in [0.05, 0.1) is 12.5 Å². The summed E-state index contributed by atoms with van der Waals surface area (Å²) >= 11 is 0. The number of rotatable bonds is 10. The van der Waals surface area contributed by atoms with Crippen LogP contribution in [-0.4, -0.2) is 46.0 Å². The standard InChI is InChI=1S/C34H37N3O6/c1-22-27(14-9-15-28(22)43-34(2,3)33(40)41)35-31(39)30(24-10-7-8-11-24)25-18-16-23(17-19-25)20-37-29(38)21-42-32(36-37)26-12-5-4-6-13-26/h4-6,9,12-19,24,30H,7-8,10-11,20-21H2,1-3H3,(H,35,39)(H,40,41). The van der Waals surface area contributed by atoms with Gasteiger partial charge in [-0.3, -0.25) is 9.59 Å². The molecule has 1 atom stereocenters. The quantitative estimate of drug-likeness (QED) is 0.308. The van der Waals surface area contributed by atoms with Crippen molar-refractivity contribution in [1.82, 2.24) is 5.01 Å². The van der Waals surface area contributed by atoms with Crippen LogP contribution < -0.4 is 10.1 Å². The van der Waals surface area contributed by atoms with E-state index >= 15 is 0 Å². The summed E-state index contributed by atoms with van der Waals surface area (Å²) in [5.74, 6) is -0.751. The molecule has 1 fully saturated rings. The number of anilines is 1. The van der Waals surface area contributed by atoms with Crippen molar-refractivity contribution in [1.29, 1.82) is 0 Å². The van der Waals surface area contributed by atoms with Crippen LogP contribution in [0, 0.1) is 12.8 Å². The van der Waals surface area contributed by atoms with Gasteiger partial charge in [0.25, 0.3) is 5.91 Å². The average molecular weight is 584 g/mol. The summed E-state index contributed by atoms with van der Waals surface area (Å²) in [5.41, 5.74) is 2.44. The van der Waals surface area contributed by atoms with Gasteiger partial charge in [0.1, 0.15) is 5.75 Å². The zero-order valence-electron chi connectivity index (χ0n) is 24.7. The Morgan fingerprint density at radius 3 is 2.42 bits per heavy atom. The van der Waals surface area contributed by atoms with Gasteiger partial charge in [-0.05, 0) is 74.9 Å². The van der Waals surface area contributed by atoms with E-state index in [0.717, 1.165) is 42.4 Å². The van der Waals surface area contributed by atoms with Crippen LogP contribution >= 0.6 is 0 Å². The van der Waals surface area contributed by atoms with Crippen LogP contribution in [0.1, 0.15) is 67.7 Å². The minimum atomic E-state index is -1.41. The van der Waals surface area contributed by atoms with Gasteiger partial charge in [0.2, 0.25) is 11.8 Å². The van der Waals surface area contributed by atoms with Gasteiger partial charge in [0, 0.05) is 16.8 Å². The lowest BCUT2D eigenvalue weighted by atomic mass is 9.83. The Balaban J connectivity index is 1.34. The van der Waals surface area contributed by atoms with Gasteiger partial charge in [-0.15, -0.1) is 5.10 Å². The number of carboxylic acids is 1. The number of carboxylic acid groups (broad SMARTS) is 1. The average Bonchev–Trinajstić information content (AvgIpc) is 3.52. The molecule has 9 nitrogen and oxygen atoms in total. The number of hydrogen-bond donors (Lipinski definition) is 2. The number of nitrogens with one attached hydrogen (secondary N) is 1. The molecule has 0 aromatic heterocycles. The van der Waals surface area contributed by atoms with Gasteiger partial charge < -0.3 is 19.9 Å². The first-order chi connectivity index (χ1) is 20.6. The molecule has 3 aromatic carbocycles. The maximum atomic E-state index is 13.8. The first-order valence-electron chi connectivity index (χ1n) is 14.6. The summed E-state index contributed by atoms with van der Waals surface area (Å²) in [5, 5.41) is 18.4. The Bertz CT molecular complexity index is 1510. The van der Waals surface area contributed by atoms with Gasteiger partial charge in [-0.1, -0.05) is 61.4 Å². The number of carbonyl (C=O) groups is 3. The Morgan fingerprint density at radius 1 is 1.05 bits per heavy atom. The summed E-state index contributed by atoms with van der Waals surface area (Å²) < 4.78 is 11.3.